The Morgan fingerprint density at radius 1 is 0.897 bits per heavy atom. The van der Waals surface area contributed by atoms with Gasteiger partial charge in [-0.1, -0.05) is 18.2 Å². The van der Waals surface area contributed by atoms with Crippen LogP contribution >= 0.6 is 0 Å². The predicted octanol–water partition coefficient (Wildman–Crippen LogP) is 3.66. The average Bonchev–Trinajstić information content (AvgIpc) is 3.43. The fourth-order valence-electron chi connectivity index (χ4n) is 4.10. The summed E-state index contributed by atoms with van der Waals surface area (Å²) in [7, 11) is 0. The normalized spacial score (nSPS) is 19.4. The van der Waals surface area contributed by atoms with Gasteiger partial charge in [-0.3, -0.25) is 9.59 Å². The third kappa shape index (κ3) is 4.08. The molecule has 1 unspecified atom stereocenters. The van der Waals surface area contributed by atoms with Crippen molar-refractivity contribution in [3.05, 3.63) is 60.2 Å². The summed E-state index contributed by atoms with van der Waals surface area (Å²) in [4.78, 5) is 37.7. The Labute approximate surface area is 168 Å². The van der Waals surface area contributed by atoms with Gasteiger partial charge in [0, 0.05) is 30.0 Å². The van der Waals surface area contributed by atoms with Gasteiger partial charge in [0.25, 0.3) is 5.91 Å². The number of anilines is 2. The highest BCUT2D eigenvalue weighted by molar-refractivity contribution is 6.00. The molecular weight excluding hydrogens is 370 g/mol. The summed E-state index contributed by atoms with van der Waals surface area (Å²) in [6.45, 7) is 1.17. The number of likely N-dealkylation sites (tertiary alicyclic amines) is 1. The Bertz CT molecular complexity index is 919. The molecule has 1 heterocycles. The van der Waals surface area contributed by atoms with Gasteiger partial charge in [-0.25, -0.2) is 4.79 Å². The van der Waals surface area contributed by atoms with Crippen molar-refractivity contribution in [2.24, 2.45) is 11.3 Å². The summed E-state index contributed by atoms with van der Waals surface area (Å²) in [5, 5.41) is 14.7. The summed E-state index contributed by atoms with van der Waals surface area (Å²) >= 11 is 0. The maximum Gasteiger partial charge on any atom is 0.323 e. The topological polar surface area (TPSA) is 98.7 Å². The van der Waals surface area contributed by atoms with E-state index in [2.05, 4.69) is 10.6 Å². The molecule has 2 aromatic carbocycles. The minimum Gasteiger partial charge on any atom is -0.481 e. The fraction of sp³-hybridized carbons (Fsp3) is 0.318. The van der Waals surface area contributed by atoms with E-state index in [0.717, 1.165) is 19.3 Å². The lowest BCUT2D eigenvalue weighted by molar-refractivity contribution is -0.139. The molecule has 2 fully saturated rings. The lowest BCUT2D eigenvalue weighted by atomic mass is 9.90. The zero-order valence-electron chi connectivity index (χ0n) is 15.9. The molecule has 2 aliphatic rings. The molecule has 3 amide bonds. The van der Waals surface area contributed by atoms with Crippen molar-refractivity contribution < 1.29 is 19.5 Å². The summed E-state index contributed by atoms with van der Waals surface area (Å²) in [5.74, 6) is -1.02. The quantitative estimate of drug-likeness (QED) is 0.738. The van der Waals surface area contributed by atoms with Crippen LogP contribution in [0.25, 0.3) is 0 Å². The smallest absolute Gasteiger partial charge is 0.323 e. The summed E-state index contributed by atoms with van der Waals surface area (Å²) in [6.07, 6.45) is 2.22. The van der Waals surface area contributed by atoms with Crippen LogP contribution in [0.2, 0.25) is 0 Å². The number of amides is 3. The van der Waals surface area contributed by atoms with E-state index in [1.54, 1.807) is 41.3 Å². The van der Waals surface area contributed by atoms with Crippen molar-refractivity contribution in [2.75, 3.05) is 23.7 Å². The van der Waals surface area contributed by atoms with Gasteiger partial charge in [-0.2, -0.15) is 0 Å². The van der Waals surface area contributed by atoms with E-state index in [4.69, 9.17) is 0 Å². The number of piperidine rings is 1. The highest BCUT2D eigenvalue weighted by Gasteiger charge is 2.59. The number of carbonyl (C=O) groups excluding carboxylic acids is 2. The summed E-state index contributed by atoms with van der Waals surface area (Å²) in [5.41, 5.74) is 1.75. The average molecular weight is 393 g/mol. The van der Waals surface area contributed by atoms with Crippen LogP contribution in [0, 0.1) is 11.3 Å². The Morgan fingerprint density at radius 3 is 2.03 bits per heavy atom. The molecule has 1 aliphatic carbocycles. The van der Waals surface area contributed by atoms with Crippen molar-refractivity contribution in [2.45, 2.75) is 19.3 Å². The zero-order valence-corrected chi connectivity index (χ0v) is 15.9. The molecule has 1 atom stereocenters. The number of nitrogens with one attached hydrogen (secondary N) is 2. The van der Waals surface area contributed by atoms with Gasteiger partial charge in [0.2, 0.25) is 0 Å². The van der Waals surface area contributed by atoms with Crippen LogP contribution < -0.4 is 10.6 Å². The first-order chi connectivity index (χ1) is 14.0. The molecule has 29 heavy (non-hydrogen) atoms. The van der Waals surface area contributed by atoms with E-state index in [1.807, 2.05) is 18.2 Å². The van der Waals surface area contributed by atoms with Crippen molar-refractivity contribution >= 4 is 29.3 Å². The lowest BCUT2D eigenvalue weighted by Gasteiger charge is -2.32. The number of para-hydroxylation sites is 1. The van der Waals surface area contributed by atoms with E-state index in [1.165, 1.54) is 0 Å². The van der Waals surface area contributed by atoms with Crippen LogP contribution in [0.1, 0.15) is 29.6 Å². The van der Waals surface area contributed by atoms with Gasteiger partial charge in [0.15, 0.2) is 0 Å². The molecule has 0 aromatic heterocycles. The number of hydrogen-bond acceptors (Lipinski definition) is 3. The third-order valence-corrected chi connectivity index (χ3v) is 5.96. The van der Waals surface area contributed by atoms with Crippen molar-refractivity contribution in [3.63, 3.8) is 0 Å². The predicted molar refractivity (Wildman–Crippen MR) is 109 cm³/mol. The minimum atomic E-state index is -0.718. The lowest BCUT2D eigenvalue weighted by Crippen LogP contribution is -2.40. The number of carboxylic acids is 1. The Kier molecular flexibility index (Phi) is 4.96. The summed E-state index contributed by atoms with van der Waals surface area (Å²) in [6, 6.07) is 15.6. The van der Waals surface area contributed by atoms with E-state index < -0.39 is 5.97 Å². The number of rotatable bonds is 4. The fourth-order valence-corrected chi connectivity index (χ4v) is 4.10. The number of aliphatic carboxylic acids is 1. The first kappa shape index (κ1) is 19.0. The van der Waals surface area contributed by atoms with Gasteiger partial charge < -0.3 is 20.6 Å². The highest BCUT2D eigenvalue weighted by atomic mass is 16.4. The molecule has 7 heteroatoms. The Balaban J connectivity index is 1.30. The molecule has 1 aliphatic heterocycles. The van der Waals surface area contributed by atoms with Crippen LogP contribution in [0.5, 0.6) is 0 Å². The minimum absolute atomic E-state index is 0.0623. The van der Waals surface area contributed by atoms with Gasteiger partial charge >= 0.3 is 12.0 Å². The van der Waals surface area contributed by atoms with Gasteiger partial charge in [-0.05, 0) is 61.1 Å². The number of nitrogens with zero attached hydrogens (tertiary/aromatic N) is 1. The van der Waals surface area contributed by atoms with E-state index in [-0.39, 0.29) is 23.3 Å². The van der Waals surface area contributed by atoms with Gasteiger partial charge in [0.05, 0.1) is 5.92 Å². The van der Waals surface area contributed by atoms with E-state index in [9.17, 15) is 19.5 Å². The molecule has 7 nitrogen and oxygen atoms in total. The molecule has 2 aromatic rings. The van der Waals surface area contributed by atoms with Crippen LogP contribution in [-0.4, -0.2) is 41.0 Å². The zero-order chi connectivity index (χ0) is 20.4. The van der Waals surface area contributed by atoms with Gasteiger partial charge in [-0.15, -0.1) is 0 Å². The van der Waals surface area contributed by atoms with E-state index >= 15 is 0 Å². The third-order valence-electron chi connectivity index (χ3n) is 5.96. The number of benzene rings is 2. The highest BCUT2D eigenvalue weighted by Crippen LogP contribution is 2.59. The molecule has 3 N–H and O–H groups in total. The Hall–Kier alpha value is -3.35. The number of urea groups is 1. The maximum atomic E-state index is 12.7. The largest absolute Gasteiger partial charge is 0.481 e. The number of carbonyl (C=O) groups is 3. The molecular formula is C22H23N3O4. The van der Waals surface area contributed by atoms with Crippen LogP contribution in [0.4, 0.5) is 16.2 Å². The molecule has 1 saturated heterocycles. The van der Waals surface area contributed by atoms with Gasteiger partial charge in [0.1, 0.15) is 0 Å². The maximum absolute atomic E-state index is 12.7. The molecule has 0 bridgehead atoms. The van der Waals surface area contributed by atoms with Crippen molar-refractivity contribution in [1.29, 1.82) is 0 Å². The Morgan fingerprint density at radius 2 is 1.48 bits per heavy atom. The molecule has 1 spiro atoms. The molecule has 0 radical (unpaired) electrons. The SMILES string of the molecule is O=C(Nc1ccccc1)Nc1ccc(C(=O)N2CCC3(CC2)CC3C(=O)O)cc1. The molecule has 150 valence electrons. The number of carboxylic acid groups (broad SMARTS) is 1. The van der Waals surface area contributed by atoms with Crippen molar-refractivity contribution in [1.82, 2.24) is 4.90 Å². The van der Waals surface area contributed by atoms with Crippen LogP contribution in [0.3, 0.4) is 0 Å². The number of hydrogen-bond donors (Lipinski definition) is 3. The first-order valence-corrected chi connectivity index (χ1v) is 9.72. The second-order valence-corrected chi connectivity index (χ2v) is 7.77. The van der Waals surface area contributed by atoms with Crippen LogP contribution in [-0.2, 0) is 4.79 Å². The summed E-state index contributed by atoms with van der Waals surface area (Å²) < 4.78 is 0. The van der Waals surface area contributed by atoms with Crippen LogP contribution in [0.15, 0.2) is 54.6 Å². The first-order valence-electron chi connectivity index (χ1n) is 9.72. The second-order valence-electron chi connectivity index (χ2n) is 7.77. The van der Waals surface area contributed by atoms with E-state index in [0.29, 0.717) is 30.0 Å². The second kappa shape index (κ2) is 7.58. The monoisotopic (exact) mass is 393 g/mol. The van der Waals surface area contributed by atoms with Crippen molar-refractivity contribution in [3.8, 4) is 0 Å². The standard InChI is InChI=1S/C22H23N3O4/c26-19(25-12-10-22(11-13-25)14-18(22)20(27)28)15-6-8-17(9-7-15)24-21(29)23-16-4-2-1-3-5-16/h1-9,18H,10-14H2,(H,27,28)(H2,23,24,29). The molecule has 1 saturated carbocycles. The molecule has 4 rings (SSSR count).